The molecule has 0 saturated heterocycles. The third-order valence-electron chi connectivity index (χ3n) is 1.61. The van der Waals surface area contributed by atoms with E-state index >= 15 is 0 Å². The van der Waals surface area contributed by atoms with Crippen molar-refractivity contribution >= 4 is 15.4 Å². The van der Waals surface area contributed by atoms with Crippen LogP contribution in [0, 0.1) is 0 Å². The maximum atomic E-state index is 10.6. The summed E-state index contributed by atoms with van der Waals surface area (Å²) in [6.07, 6.45) is 2.34. The van der Waals surface area contributed by atoms with Crippen molar-refractivity contribution in [1.29, 1.82) is 0 Å². The molecule has 0 amide bonds. The number of rotatable bonds is 9. The van der Waals surface area contributed by atoms with Gasteiger partial charge in [-0.2, -0.15) is 0 Å². The Morgan fingerprint density at radius 1 is 0.875 bits per heavy atom. The second-order valence-electron chi connectivity index (χ2n) is 3.30. The van der Waals surface area contributed by atoms with Crippen LogP contribution in [0.5, 0.6) is 0 Å². The number of hydrogen-bond donors (Lipinski definition) is 0. The lowest BCUT2D eigenvalue weighted by Gasteiger charge is -2.28. The van der Waals surface area contributed by atoms with Crippen molar-refractivity contribution in [2.45, 2.75) is 25.7 Å². The first-order valence-corrected chi connectivity index (χ1v) is 8.25. The molecule has 16 heavy (non-hydrogen) atoms. The molecule has 7 nitrogen and oxygen atoms in total. The lowest BCUT2D eigenvalue weighted by Crippen LogP contribution is -2.16. The van der Waals surface area contributed by atoms with Gasteiger partial charge in [0.1, 0.15) is 7.60 Å². The van der Waals surface area contributed by atoms with Gasteiger partial charge in [0.25, 0.3) is 0 Å². The van der Waals surface area contributed by atoms with Crippen LogP contribution in [-0.2, 0) is 18.2 Å². The predicted molar refractivity (Wildman–Crippen MR) is 51.5 cm³/mol. The summed E-state index contributed by atoms with van der Waals surface area (Å²) < 4.78 is 29.1. The van der Waals surface area contributed by atoms with Crippen LogP contribution in [0.2, 0.25) is 0 Å². The summed E-state index contributed by atoms with van der Waals surface area (Å²) in [6, 6.07) is 0. The Bertz CT molecular complexity index is 240. The van der Waals surface area contributed by atoms with Gasteiger partial charge in [0.05, 0.1) is 21.0 Å². The van der Waals surface area contributed by atoms with Crippen LogP contribution in [0.3, 0.4) is 0 Å². The smallest absolute Gasteiger partial charge is 0.131 e. The van der Waals surface area contributed by atoms with Gasteiger partial charge < -0.3 is 32.9 Å². The molecule has 0 aliphatic carbocycles. The van der Waals surface area contributed by atoms with Gasteiger partial charge in [0.15, 0.2) is 0 Å². The third-order valence-corrected chi connectivity index (χ3v) is 2.76. The molecule has 0 rings (SSSR count). The van der Waals surface area contributed by atoms with E-state index in [9.17, 15) is 23.8 Å². The Morgan fingerprint density at radius 3 is 1.69 bits per heavy atom. The highest BCUT2D eigenvalue weighted by Crippen LogP contribution is 2.31. The SMILES string of the molecule is CP(=O)([O-])OCCCCCCOP(=O)([O-])[O-]. The Balaban J connectivity index is 3.23. The molecule has 0 aromatic carbocycles. The van der Waals surface area contributed by atoms with Gasteiger partial charge in [-0.25, -0.2) is 0 Å². The number of phosphoric acid groups is 1. The minimum atomic E-state index is -4.85. The molecule has 9 heteroatoms. The molecule has 1 atom stereocenters. The summed E-state index contributed by atoms with van der Waals surface area (Å²) in [7, 11) is -8.50. The molecule has 1 unspecified atom stereocenters. The van der Waals surface area contributed by atoms with Crippen molar-refractivity contribution < 1.29 is 32.9 Å². The summed E-state index contributed by atoms with van der Waals surface area (Å²) in [4.78, 5) is 30.6. The average molecular weight is 273 g/mol. The lowest BCUT2D eigenvalue weighted by atomic mass is 10.2. The number of phosphoric ester groups is 1. The van der Waals surface area contributed by atoms with Gasteiger partial charge in [-0.3, -0.25) is 0 Å². The van der Waals surface area contributed by atoms with Crippen molar-refractivity contribution in [2.75, 3.05) is 19.9 Å². The van der Waals surface area contributed by atoms with E-state index in [0.717, 1.165) is 6.66 Å². The quantitative estimate of drug-likeness (QED) is 0.413. The van der Waals surface area contributed by atoms with E-state index < -0.39 is 15.4 Å². The zero-order chi connectivity index (χ0) is 12.7. The van der Waals surface area contributed by atoms with E-state index in [1.165, 1.54) is 0 Å². The molecule has 98 valence electrons. The normalized spacial score (nSPS) is 16.0. The van der Waals surface area contributed by atoms with Crippen LogP contribution in [0.4, 0.5) is 0 Å². The number of unbranched alkanes of at least 4 members (excludes halogenated alkanes) is 3. The highest BCUT2D eigenvalue weighted by molar-refractivity contribution is 7.50. The van der Waals surface area contributed by atoms with Gasteiger partial charge in [-0.1, -0.05) is 12.8 Å². The summed E-state index contributed by atoms with van der Waals surface area (Å²) >= 11 is 0. The van der Waals surface area contributed by atoms with Crippen molar-refractivity contribution in [3.05, 3.63) is 0 Å². The summed E-state index contributed by atoms with van der Waals surface area (Å²) in [5, 5.41) is 0. The summed E-state index contributed by atoms with van der Waals surface area (Å²) in [6.45, 7) is 1.000. The lowest BCUT2D eigenvalue weighted by molar-refractivity contribution is -0.341. The van der Waals surface area contributed by atoms with E-state index in [2.05, 4.69) is 9.05 Å². The molecule has 0 bridgehead atoms. The maximum absolute atomic E-state index is 10.6. The summed E-state index contributed by atoms with van der Waals surface area (Å²) in [5.41, 5.74) is 0. The molecule has 0 aromatic rings. The van der Waals surface area contributed by atoms with Crippen LogP contribution < -0.4 is 14.7 Å². The van der Waals surface area contributed by atoms with Gasteiger partial charge in [0, 0.05) is 6.66 Å². The first-order valence-electron chi connectivity index (χ1n) is 4.80. The second kappa shape index (κ2) is 7.56. The molecular formula is C7H15O7P2-3. The molecular weight excluding hydrogens is 258 g/mol. The van der Waals surface area contributed by atoms with Gasteiger partial charge >= 0.3 is 0 Å². The fourth-order valence-corrected chi connectivity index (χ4v) is 1.78. The van der Waals surface area contributed by atoms with Crippen molar-refractivity contribution in [2.24, 2.45) is 0 Å². The van der Waals surface area contributed by atoms with Crippen LogP contribution in [0.1, 0.15) is 25.7 Å². The van der Waals surface area contributed by atoms with Crippen molar-refractivity contribution in [1.82, 2.24) is 0 Å². The minimum absolute atomic E-state index is 0.125. The highest BCUT2D eigenvalue weighted by atomic mass is 31.2. The molecule has 0 N–H and O–H groups in total. The van der Waals surface area contributed by atoms with E-state index in [1.54, 1.807) is 0 Å². The third kappa shape index (κ3) is 14.3. The van der Waals surface area contributed by atoms with E-state index in [-0.39, 0.29) is 13.2 Å². The monoisotopic (exact) mass is 273 g/mol. The summed E-state index contributed by atoms with van der Waals surface area (Å²) in [5.74, 6) is 0. The second-order valence-corrected chi connectivity index (χ2v) is 6.25. The molecule has 0 saturated carbocycles. The first kappa shape index (κ1) is 16.3. The Labute approximate surface area is 94.6 Å². The van der Waals surface area contributed by atoms with Crippen molar-refractivity contribution in [3.63, 3.8) is 0 Å². The Hall–Kier alpha value is 0.260. The first-order chi connectivity index (χ1) is 7.21. The van der Waals surface area contributed by atoms with Gasteiger partial charge in [-0.05, 0) is 12.8 Å². The van der Waals surface area contributed by atoms with E-state index in [4.69, 9.17) is 0 Å². The fourth-order valence-electron chi connectivity index (χ4n) is 0.964. The van der Waals surface area contributed by atoms with Crippen LogP contribution >= 0.6 is 15.4 Å². The zero-order valence-electron chi connectivity index (χ0n) is 8.99. The largest absolute Gasteiger partial charge is 0.790 e. The molecule has 0 radical (unpaired) electrons. The van der Waals surface area contributed by atoms with Crippen LogP contribution in [0.15, 0.2) is 0 Å². The maximum Gasteiger partial charge on any atom is 0.131 e. The average Bonchev–Trinajstić information content (AvgIpc) is 2.06. The van der Waals surface area contributed by atoms with Crippen LogP contribution in [0.25, 0.3) is 0 Å². The molecule has 0 aliphatic rings. The molecule has 0 fully saturated rings. The molecule has 0 heterocycles. The topological polar surface area (TPSA) is 122 Å². The zero-order valence-corrected chi connectivity index (χ0v) is 10.8. The highest BCUT2D eigenvalue weighted by Gasteiger charge is 1.98. The molecule has 0 aliphatic heterocycles. The van der Waals surface area contributed by atoms with E-state index in [1.807, 2.05) is 0 Å². The van der Waals surface area contributed by atoms with Crippen molar-refractivity contribution in [3.8, 4) is 0 Å². The Morgan fingerprint density at radius 2 is 1.31 bits per heavy atom. The van der Waals surface area contributed by atoms with Gasteiger partial charge in [-0.15, -0.1) is 0 Å². The van der Waals surface area contributed by atoms with Gasteiger partial charge in [0.2, 0.25) is 0 Å². The predicted octanol–water partition coefficient (Wildman–Crippen LogP) is -0.408. The molecule has 0 aromatic heterocycles. The van der Waals surface area contributed by atoms with E-state index in [0.29, 0.717) is 25.7 Å². The fraction of sp³-hybridized carbons (Fsp3) is 1.00. The number of hydrogen-bond acceptors (Lipinski definition) is 7. The minimum Gasteiger partial charge on any atom is -0.790 e. The standard InChI is InChI=1S/C7H18O7P2/c1-15(8,9)13-6-4-2-3-5-7-14-16(10,11)12/h2-7H2,1H3,(H,8,9)(H2,10,11,12)/p-3. The Kier molecular flexibility index (Phi) is 7.68. The van der Waals surface area contributed by atoms with Crippen LogP contribution in [-0.4, -0.2) is 19.9 Å². The molecule has 0 spiro atoms.